The predicted octanol–water partition coefficient (Wildman–Crippen LogP) is 2.95. The van der Waals surface area contributed by atoms with E-state index in [-0.39, 0.29) is 17.1 Å². The van der Waals surface area contributed by atoms with Crippen molar-refractivity contribution in [2.24, 2.45) is 5.73 Å². The molecule has 5 heteroatoms. The molecule has 0 atom stereocenters. The number of nitrogens with zero attached hydrogens (tertiary/aromatic N) is 1. The van der Waals surface area contributed by atoms with Gasteiger partial charge in [0.15, 0.2) is 11.6 Å². The van der Waals surface area contributed by atoms with Crippen LogP contribution in [0.15, 0.2) is 24.4 Å². The molecule has 2 aromatic rings. The Hall–Kier alpha value is -1.88. The maximum atomic E-state index is 13.7. The van der Waals surface area contributed by atoms with Crippen molar-refractivity contribution in [2.45, 2.75) is 31.2 Å². The van der Waals surface area contributed by atoms with Gasteiger partial charge in [0.1, 0.15) is 5.82 Å². The summed E-state index contributed by atoms with van der Waals surface area (Å²) in [6.45, 7) is 0. The predicted molar refractivity (Wildman–Crippen MR) is 74.9 cm³/mol. The number of H-pyrrole nitrogens is 1. The molecule has 0 unspecified atom stereocenters. The third-order valence-corrected chi connectivity index (χ3v) is 4.01. The van der Waals surface area contributed by atoms with Crippen LogP contribution in [0.5, 0.6) is 5.75 Å². The molecule has 1 aliphatic carbocycles. The zero-order chi connectivity index (χ0) is 14.2. The Balaban J connectivity index is 1.92. The molecule has 1 aliphatic rings. The minimum Gasteiger partial charge on any atom is -0.494 e. The van der Waals surface area contributed by atoms with E-state index in [1.807, 2.05) is 0 Å². The molecule has 3 N–H and O–H groups in total. The van der Waals surface area contributed by atoms with Crippen LogP contribution in [-0.4, -0.2) is 17.1 Å². The molecule has 0 amide bonds. The van der Waals surface area contributed by atoms with Gasteiger partial charge in [0, 0.05) is 5.56 Å². The van der Waals surface area contributed by atoms with Crippen molar-refractivity contribution in [1.82, 2.24) is 9.97 Å². The first kappa shape index (κ1) is 13.1. The number of halogens is 1. The maximum absolute atomic E-state index is 13.7. The molecule has 3 rings (SSSR count). The number of nitrogens with two attached hydrogens (primary N) is 1. The summed E-state index contributed by atoms with van der Waals surface area (Å²) in [5, 5.41) is 0. The Morgan fingerprint density at radius 2 is 2.10 bits per heavy atom. The number of nitrogens with one attached hydrogen (secondary N) is 1. The van der Waals surface area contributed by atoms with E-state index in [1.165, 1.54) is 13.2 Å². The highest BCUT2D eigenvalue weighted by Crippen LogP contribution is 2.35. The molecular weight excluding hydrogens is 257 g/mol. The van der Waals surface area contributed by atoms with E-state index in [1.54, 1.807) is 18.3 Å². The van der Waals surface area contributed by atoms with E-state index in [0.29, 0.717) is 0 Å². The van der Waals surface area contributed by atoms with Crippen molar-refractivity contribution in [3.05, 3.63) is 36.0 Å². The fraction of sp³-hybridized carbons (Fsp3) is 0.400. The number of aromatic nitrogens is 2. The summed E-state index contributed by atoms with van der Waals surface area (Å²) in [4.78, 5) is 7.62. The molecule has 1 heterocycles. The van der Waals surface area contributed by atoms with E-state index >= 15 is 0 Å². The first-order chi connectivity index (χ1) is 9.62. The SMILES string of the molecule is COc1ccc(-c2cnc(C3(N)CCCC3)[nH]2)cc1F. The van der Waals surface area contributed by atoms with Gasteiger partial charge < -0.3 is 15.5 Å². The zero-order valence-electron chi connectivity index (χ0n) is 11.4. The molecular formula is C15H18FN3O. The molecule has 106 valence electrons. The Bertz CT molecular complexity index is 617. The number of rotatable bonds is 3. The van der Waals surface area contributed by atoms with Gasteiger partial charge in [-0.05, 0) is 31.0 Å². The van der Waals surface area contributed by atoms with E-state index in [0.717, 1.165) is 42.8 Å². The minimum atomic E-state index is -0.385. The molecule has 20 heavy (non-hydrogen) atoms. The highest BCUT2D eigenvalue weighted by atomic mass is 19.1. The number of aromatic amines is 1. The number of hydrogen-bond acceptors (Lipinski definition) is 3. The largest absolute Gasteiger partial charge is 0.494 e. The lowest BCUT2D eigenvalue weighted by molar-refractivity contribution is 0.386. The molecule has 0 bridgehead atoms. The van der Waals surface area contributed by atoms with Gasteiger partial charge in [-0.2, -0.15) is 0 Å². The highest BCUT2D eigenvalue weighted by Gasteiger charge is 2.34. The molecule has 1 fully saturated rings. The van der Waals surface area contributed by atoms with Gasteiger partial charge in [-0.15, -0.1) is 0 Å². The normalized spacial score (nSPS) is 17.4. The molecule has 1 saturated carbocycles. The molecule has 0 aliphatic heterocycles. The van der Waals surface area contributed by atoms with Crippen molar-refractivity contribution in [3.63, 3.8) is 0 Å². The van der Waals surface area contributed by atoms with Gasteiger partial charge >= 0.3 is 0 Å². The second kappa shape index (κ2) is 4.90. The van der Waals surface area contributed by atoms with E-state index in [9.17, 15) is 4.39 Å². The summed E-state index contributed by atoms with van der Waals surface area (Å²) < 4.78 is 18.7. The van der Waals surface area contributed by atoms with Gasteiger partial charge in [0.05, 0.1) is 24.5 Å². The Labute approximate surface area is 117 Å². The number of methoxy groups -OCH3 is 1. The van der Waals surface area contributed by atoms with Crippen molar-refractivity contribution in [3.8, 4) is 17.0 Å². The van der Waals surface area contributed by atoms with E-state index < -0.39 is 0 Å². The van der Waals surface area contributed by atoms with Gasteiger partial charge in [0.2, 0.25) is 0 Å². The summed E-state index contributed by atoms with van der Waals surface area (Å²) in [7, 11) is 1.45. The quantitative estimate of drug-likeness (QED) is 0.905. The Morgan fingerprint density at radius 1 is 1.35 bits per heavy atom. The third kappa shape index (κ3) is 2.18. The highest BCUT2D eigenvalue weighted by molar-refractivity contribution is 5.60. The summed E-state index contributed by atoms with van der Waals surface area (Å²) in [5.41, 5.74) is 7.52. The fourth-order valence-electron chi connectivity index (χ4n) is 2.80. The number of ether oxygens (including phenoxy) is 1. The lowest BCUT2D eigenvalue weighted by Gasteiger charge is -2.20. The second-order valence-corrected chi connectivity index (χ2v) is 5.36. The van der Waals surface area contributed by atoms with Crippen LogP contribution in [0.3, 0.4) is 0 Å². The van der Waals surface area contributed by atoms with E-state index in [4.69, 9.17) is 10.5 Å². The Kier molecular flexibility index (Phi) is 3.22. The van der Waals surface area contributed by atoms with Crippen molar-refractivity contribution in [1.29, 1.82) is 0 Å². The molecule has 1 aromatic carbocycles. The van der Waals surface area contributed by atoms with Crippen LogP contribution in [0, 0.1) is 5.82 Å². The fourth-order valence-corrected chi connectivity index (χ4v) is 2.80. The van der Waals surface area contributed by atoms with Crippen molar-refractivity contribution < 1.29 is 9.13 Å². The van der Waals surface area contributed by atoms with Crippen LogP contribution in [0.25, 0.3) is 11.3 Å². The number of hydrogen-bond donors (Lipinski definition) is 2. The number of imidazole rings is 1. The summed E-state index contributed by atoms with van der Waals surface area (Å²) in [5.74, 6) is 0.644. The van der Waals surface area contributed by atoms with Crippen LogP contribution in [0.2, 0.25) is 0 Å². The van der Waals surface area contributed by atoms with Crippen molar-refractivity contribution in [2.75, 3.05) is 7.11 Å². The van der Waals surface area contributed by atoms with Crippen LogP contribution in [0.4, 0.5) is 4.39 Å². The zero-order valence-corrected chi connectivity index (χ0v) is 11.4. The first-order valence-corrected chi connectivity index (χ1v) is 6.81. The Morgan fingerprint density at radius 3 is 2.75 bits per heavy atom. The van der Waals surface area contributed by atoms with Crippen LogP contribution in [-0.2, 0) is 5.54 Å². The molecule has 0 saturated heterocycles. The van der Waals surface area contributed by atoms with Gasteiger partial charge in [-0.1, -0.05) is 12.8 Å². The second-order valence-electron chi connectivity index (χ2n) is 5.36. The lowest BCUT2D eigenvalue weighted by atomic mass is 9.99. The molecule has 0 spiro atoms. The first-order valence-electron chi connectivity index (χ1n) is 6.81. The smallest absolute Gasteiger partial charge is 0.165 e. The van der Waals surface area contributed by atoms with Crippen LogP contribution >= 0.6 is 0 Å². The van der Waals surface area contributed by atoms with Gasteiger partial charge in [-0.25, -0.2) is 9.37 Å². The summed E-state index contributed by atoms with van der Waals surface area (Å²) >= 11 is 0. The minimum absolute atomic E-state index is 0.236. The third-order valence-electron chi connectivity index (χ3n) is 4.01. The average molecular weight is 275 g/mol. The van der Waals surface area contributed by atoms with Gasteiger partial charge in [0.25, 0.3) is 0 Å². The molecule has 0 radical (unpaired) electrons. The lowest BCUT2D eigenvalue weighted by Crippen LogP contribution is -2.34. The van der Waals surface area contributed by atoms with Crippen LogP contribution < -0.4 is 10.5 Å². The van der Waals surface area contributed by atoms with Crippen LogP contribution in [0.1, 0.15) is 31.5 Å². The summed E-state index contributed by atoms with van der Waals surface area (Å²) in [6, 6.07) is 4.85. The molecule has 1 aromatic heterocycles. The average Bonchev–Trinajstić information content (AvgIpc) is 3.08. The summed E-state index contributed by atoms with van der Waals surface area (Å²) in [6.07, 6.45) is 5.85. The standard InChI is InChI=1S/C15H18FN3O/c1-20-13-5-4-10(8-11(13)16)12-9-18-14(19-12)15(17)6-2-3-7-15/h4-5,8-9H,2-3,6-7,17H2,1H3,(H,18,19). The monoisotopic (exact) mass is 275 g/mol. The van der Waals surface area contributed by atoms with Crippen molar-refractivity contribution >= 4 is 0 Å². The van der Waals surface area contributed by atoms with Gasteiger partial charge in [-0.3, -0.25) is 0 Å². The topological polar surface area (TPSA) is 63.9 Å². The maximum Gasteiger partial charge on any atom is 0.165 e. The molecule has 4 nitrogen and oxygen atoms in total. The number of benzene rings is 1. The van der Waals surface area contributed by atoms with E-state index in [2.05, 4.69) is 9.97 Å².